The van der Waals surface area contributed by atoms with Crippen LogP contribution in [0.15, 0.2) is 48.5 Å². The quantitative estimate of drug-likeness (QED) is 0.567. The van der Waals surface area contributed by atoms with E-state index in [1.54, 1.807) is 28.8 Å². The van der Waals surface area contributed by atoms with Crippen LogP contribution in [0.5, 0.6) is 5.75 Å². The number of hydrogen-bond acceptors (Lipinski definition) is 6. The van der Waals surface area contributed by atoms with Crippen molar-refractivity contribution in [3.05, 3.63) is 71.0 Å². The second-order valence-corrected chi connectivity index (χ2v) is 9.01. The second kappa shape index (κ2) is 8.56. The number of hydrogen-bond donors (Lipinski definition) is 1. The largest absolute Gasteiger partial charge is 0.497 e. The van der Waals surface area contributed by atoms with Crippen molar-refractivity contribution in [2.24, 2.45) is 5.73 Å². The van der Waals surface area contributed by atoms with Gasteiger partial charge in [-0.3, -0.25) is 14.5 Å². The first kappa shape index (κ1) is 22.6. The fraction of sp³-hybridized carbons (Fsp3) is 0.308. The highest BCUT2D eigenvalue weighted by Gasteiger charge is 2.48. The number of nitriles is 1. The summed E-state index contributed by atoms with van der Waals surface area (Å²) in [6.07, 6.45) is 2.45. The molecule has 9 heteroatoms. The monoisotopic (exact) mass is 470 g/mol. The van der Waals surface area contributed by atoms with E-state index in [1.807, 2.05) is 48.3 Å². The summed E-state index contributed by atoms with van der Waals surface area (Å²) in [7, 11) is 3.50. The molecular weight excluding hydrogens is 444 g/mol. The lowest BCUT2D eigenvalue weighted by molar-refractivity contribution is -0.119. The number of rotatable bonds is 7. The van der Waals surface area contributed by atoms with Gasteiger partial charge in [0.1, 0.15) is 17.5 Å². The van der Waals surface area contributed by atoms with Crippen LogP contribution in [0.2, 0.25) is 0 Å². The van der Waals surface area contributed by atoms with E-state index in [0.717, 1.165) is 24.1 Å². The highest BCUT2D eigenvalue weighted by Crippen LogP contribution is 2.50. The Morgan fingerprint density at radius 1 is 1.17 bits per heavy atom. The maximum absolute atomic E-state index is 13.7. The Bertz CT molecular complexity index is 1330. The maximum Gasteiger partial charge on any atom is 0.277 e. The van der Waals surface area contributed by atoms with Crippen molar-refractivity contribution in [3.63, 3.8) is 0 Å². The number of nitrogens with two attached hydrogens (primary N) is 1. The predicted octanol–water partition coefficient (Wildman–Crippen LogP) is 2.36. The van der Waals surface area contributed by atoms with E-state index in [4.69, 9.17) is 10.5 Å². The number of anilines is 1. The van der Waals surface area contributed by atoms with Crippen LogP contribution in [0.1, 0.15) is 40.2 Å². The Labute approximate surface area is 203 Å². The zero-order chi connectivity index (χ0) is 24.7. The van der Waals surface area contributed by atoms with Crippen LogP contribution in [0, 0.1) is 11.3 Å². The molecule has 2 aliphatic rings. The molecular formula is C26H26N6O3. The third-order valence-electron chi connectivity index (χ3n) is 7.00. The molecule has 3 aromatic rings. The molecule has 0 saturated heterocycles. The molecule has 0 unspecified atom stereocenters. The van der Waals surface area contributed by atoms with E-state index in [0.29, 0.717) is 35.7 Å². The first-order valence-electron chi connectivity index (χ1n) is 11.5. The van der Waals surface area contributed by atoms with Crippen LogP contribution in [0.25, 0.3) is 5.69 Å². The number of nitrogens with zero attached hydrogens (tertiary/aromatic N) is 5. The van der Waals surface area contributed by atoms with Crippen LogP contribution in [0.3, 0.4) is 0 Å². The van der Waals surface area contributed by atoms with Gasteiger partial charge < -0.3 is 15.4 Å². The molecule has 0 spiro atoms. The Hall–Kier alpha value is -4.16. The molecule has 9 nitrogen and oxygen atoms in total. The lowest BCUT2D eigenvalue weighted by Gasteiger charge is -2.30. The summed E-state index contributed by atoms with van der Waals surface area (Å²) in [6.45, 7) is 0.659. The Morgan fingerprint density at radius 2 is 1.83 bits per heavy atom. The molecule has 2 N–H and O–H groups in total. The van der Waals surface area contributed by atoms with Gasteiger partial charge in [-0.05, 0) is 68.3 Å². The molecule has 1 saturated carbocycles. The number of primary amides is 1. The van der Waals surface area contributed by atoms with Crippen LogP contribution in [0.4, 0.5) is 5.69 Å². The minimum absolute atomic E-state index is 0.179. The summed E-state index contributed by atoms with van der Waals surface area (Å²) in [4.78, 5) is 28.8. The minimum Gasteiger partial charge on any atom is -0.497 e. The van der Waals surface area contributed by atoms with Crippen LogP contribution in [-0.2, 0) is 16.8 Å². The van der Waals surface area contributed by atoms with Crippen molar-refractivity contribution >= 4 is 17.5 Å². The average molecular weight is 471 g/mol. The molecule has 1 aromatic heterocycles. The van der Waals surface area contributed by atoms with Gasteiger partial charge in [0, 0.05) is 23.3 Å². The summed E-state index contributed by atoms with van der Waals surface area (Å²) in [5.41, 5.74) is 9.12. The molecule has 1 aliphatic heterocycles. The van der Waals surface area contributed by atoms with E-state index in [9.17, 15) is 14.9 Å². The van der Waals surface area contributed by atoms with Gasteiger partial charge >= 0.3 is 0 Å². The molecule has 1 fully saturated rings. The number of carbonyl (C=O) groups excluding carboxylic acids is 2. The number of likely N-dealkylation sites (N-methyl/N-ethyl adjacent to an activating group) is 1. The third-order valence-corrected chi connectivity index (χ3v) is 7.00. The smallest absolute Gasteiger partial charge is 0.277 e. The molecule has 0 atom stereocenters. The SMILES string of the molecule is COc1ccc(-n2nc(C#N)c3c2C(=O)N(c2ccc(C4(N(C)CC(N)=O)CC4)cc2)CC3)cc1. The van der Waals surface area contributed by atoms with Gasteiger partial charge in [0.2, 0.25) is 5.91 Å². The van der Waals surface area contributed by atoms with Crippen molar-refractivity contribution in [1.29, 1.82) is 5.26 Å². The maximum atomic E-state index is 13.7. The number of amides is 2. The molecule has 0 bridgehead atoms. The number of benzene rings is 2. The first-order valence-corrected chi connectivity index (χ1v) is 11.5. The van der Waals surface area contributed by atoms with E-state index in [1.165, 1.54) is 0 Å². The third kappa shape index (κ3) is 3.82. The highest BCUT2D eigenvalue weighted by molar-refractivity contribution is 6.07. The van der Waals surface area contributed by atoms with Crippen LogP contribution >= 0.6 is 0 Å². The highest BCUT2D eigenvalue weighted by atomic mass is 16.5. The molecule has 2 aromatic carbocycles. The molecule has 2 heterocycles. The lowest BCUT2D eigenvalue weighted by atomic mass is 10.0. The summed E-state index contributed by atoms with van der Waals surface area (Å²) in [5.74, 6) is 0.143. The summed E-state index contributed by atoms with van der Waals surface area (Å²) < 4.78 is 6.78. The summed E-state index contributed by atoms with van der Waals surface area (Å²) >= 11 is 0. The molecule has 1 aliphatic carbocycles. The number of carbonyl (C=O) groups is 2. The van der Waals surface area contributed by atoms with Crippen molar-refractivity contribution in [1.82, 2.24) is 14.7 Å². The van der Waals surface area contributed by atoms with Crippen molar-refractivity contribution in [3.8, 4) is 17.5 Å². The normalized spacial score (nSPS) is 16.1. The molecule has 178 valence electrons. The lowest BCUT2D eigenvalue weighted by Crippen LogP contribution is -2.39. The van der Waals surface area contributed by atoms with Gasteiger partial charge in [0.05, 0.1) is 19.3 Å². The number of fused-ring (bicyclic) bond motifs is 1. The summed E-state index contributed by atoms with van der Waals surface area (Å²) in [6, 6.07) is 17.3. The minimum atomic E-state index is -0.352. The second-order valence-electron chi connectivity index (χ2n) is 9.01. The standard InChI is InChI=1S/C26H26N6O3/c1-30(16-23(28)33)26(12-13-26)17-3-5-18(6-4-17)31-14-11-21-22(15-27)29-32(24(21)25(31)34)19-7-9-20(35-2)10-8-19/h3-10H,11-14,16H2,1-2H3,(H2,28,33). The predicted molar refractivity (Wildman–Crippen MR) is 129 cm³/mol. The average Bonchev–Trinajstić information content (AvgIpc) is 3.59. The number of methoxy groups -OCH3 is 1. The van der Waals surface area contributed by atoms with Crippen molar-refractivity contribution in [2.45, 2.75) is 24.8 Å². The molecule has 2 amide bonds. The zero-order valence-corrected chi connectivity index (χ0v) is 19.7. The number of aromatic nitrogens is 2. The van der Waals surface area contributed by atoms with E-state index >= 15 is 0 Å². The van der Waals surface area contributed by atoms with Gasteiger partial charge in [-0.25, -0.2) is 4.68 Å². The van der Waals surface area contributed by atoms with Gasteiger partial charge in [-0.15, -0.1) is 0 Å². The summed E-state index contributed by atoms with van der Waals surface area (Å²) in [5, 5.41) is 14.0. The van der Waals surface area contributed by atoms with Crippen molar-refractivity contribution < 1.29 is 14.3 Å². The van der Waals surface area contributed by atoms with E-state index in [-0.39, 0.29) is 29.6 Å². The molecule has 5 rings (SSSR count). The van der Waals surface area contributed by atoms with Crippen molar-refractivity contribution in [2.75, 3.05) is 32.1 Å². The molecule has 35 heavy (non-hydrogen) atoms. The Balaban J connectivity index is 1.45. The van der Waals surface area contributed by atoms with Crippen LogP contribution < -0.4 is 15.4 Å². The topological polar surface area (TPSA) is 117 Å². The molecule has 0 radical (unpaired) electrons. The van der Waals surface area contributed by atoms with Gasteiger partial charge in [-0.2, -0.15) is 10.4 Å². The van der Waals surface area contributed by atoms with E-state index < -0.39 is 0 Å². The first-order chi connectivity index (χ1) is 16.9. The fourth-order valence-electron chi connectivity index (χ4n) is 4.95. The zero-order valence-electron chi connectivity index (χ0n) is 19.7. The van der Waals surface area contributed by atoms with Gasteiger partial charge in [0.25, 0.3) is 5.91 Å². The van der Waals surface area contributed by atoms with Crippen LogP contribution in [-0.4, -0.2) is 53.7 Å². The Kier molecular flexibility index (Phi) is 5.53. The Morgan fingerprint density at radius 3 is 2.40 bits per heavy atom. The van der Waals surface area contributed by atoms with E-state index in [2.05, 4.69) is 11.2 Å². The number of ether oxygens (including phenoxy) is 1. The van der Waals surface area contributed by atoms with Gasteiger partial charge in [0.15, 0.2) is 5.69 Å². The van der Waals surface area contributed by atoms with Gasteiger partial charge in [-0.1, -0.05) is 12.1 Å². The fourth-order valence-corrected chi connectivity index (χ4v) is 4.95.